The molecule has 3 heterocycles. The topological polar surface area (TPSA) is 67.7 Å². The maximum absolute atomic E-state index is 13.0. The smallest absolute Gasteiger partial charge is 0.227 e. The van der Waals surface area contributed by atoms with Gasteiger partial charge in [0.15, 0.2) is 0 Å². The zero-order chi connectivity index (χ0) is 23.5. The van der Waals surface area contributed by atoms with Crippen molar-refractivity contribution in [2.45, 2.75) is 51.0 Å². The average molecular weight is 461 g/mol. The molecule has 34 heavy (non-hydrogen) atoms. The van der Waals surface area contributed by atoms with E-state index in [-0.39, 0.29) is 17.7 Å². The van der Waals surface area contributed by atoms with Gasteiger partial charge in [-0.1, -0.05) is 31.0 Å². The van der Waals surface area contributed by atoms with Crippen molar-refractivity contribution in [3.63, 3.8) is 0 Å². The number of ether oxygens (including phenoxy) is 1. The Balaban J connectivity index is 1.38. The molecule has 2 amide bonds. The van der Waals surface area contributed by atoms with Gasteiger partial charge in [-0.3, -0.25) is 9.59 Å². The van der Waals surface area contributed by atoms with Crippen LogP contribution in [0.3, 0.4) is 0 Å². The average Bonchev–Trinajstić information content (AvgIpc) is 3.30. The van der Waals surface area contributed by atoms with Crippen molar-refractivity contribution in [1.29, 1.82) is 0 Å². The number of rotatable bonds is 6. The molecule has 1 aromatic heterocycles. The summed E-state index contributed by atoms with van der Waals surface area (Å²) in [5.74, 6) is 1.89. The quantitative estimate of drug-likeness (QED) is 0.548. The van der Waals surface area contributed by atoms with E-state index in [1.54, 1.807) is 7.11 Å². The molecule has 0 saturated carbocycles. The second-order valence-electron chi connectivity index (χ2n) is 9.26. The number of likely N-dealkylation sites (tertiary alicyclic amines) is 1. The molecule has 1 atom stereocenters. The summed E-state index contributed by atoms with van der Waals surface area (Å²) in [7, 11) is 1.63. The molecule has 2 aliphatic rings. The zero-order valence-corrected chi connectivity index (χ0v) is 19.8. The first-order valence-electron chi connectivity index (χ1n) is 12.3. The predicted molar refractivity (Wildman–Crippen MR) is 132 cm³/mol. The van der Waals surface area contributed by atoms with Crippen molar-refractivity contribution >= 4 is 28.5 Å². The maximum Gasteiger partial charge on any atom is 0.227 e. The van der Waals surface area contributed by atoms with Gasteiger partial charge in [-0.2, -0.15) is 0 Å². The first kappa shape index (κ1) is 22.4. The number of imidazole rings is 1. The number of methoxy groups -OCH3 is 1. The van der Waals surface area contributed by atoms with E-state index in [0.29, 0.717) is 25.9 Å². The number of hydrogen-bond donors (Lipinski definition) is 0. The van der Waals surface area contributed by atoms with Gasteiger partial charge >= 0.3 is 0 Å². The highest BCUT2D eigenvalue weighted by molar-refractivity contribution is 5.96. The fourth-order valence-electron chi connectivity index (χ4n) is 5.23. The molecule has 0 N–H and O–H groups in total. The number of amides is 2. The minimum Gasteiger partial charge on any atom is -0.497 e. The number of benzene rings is 2. The molecule has 0 radical (unpaired) electrons. The van der Waals surface area contributed by atoms with E-state index in [1.807, 2.05) is 52.3 Å². The number of carbonyl (C=O) groups is 2. The molecule has 2 saturated heterocycles. The Morgan fingerprint density at radius 3 is 2.65 bits per heavy atom. The molecule has 178 valence electrons. The van der Waals surface area contributed by atoms with Crippen LogP contribution in [0.15, 0.2) is 48.5 Å². The van der Waals surface area contributed by atoms with Gasteiger partial charge in [0.25, 0.3) is 0 Å². The summed E-state index contributed by atoms with van der Waals surface area (Å²) in [5, 5.41) is 0. The zero-order valence-electron chi connectivity index (χ0n) is 19.8. The van der Waals surface area contributed by atoms with Crippen LogP contribution in [-0.4, -0.2) is 53.0 Å². The first-order chi connectivity index (χ1) is 16.6. The highest BCUT2D eigenvalue weighted by atomic mass is 16.5. The Morgan fingerprint density at radius 2 is 1.85 bits per heavy atom. The molecule has 2 aromatic carbocycles. The minimum atomic E-state index is -0.0283. The molecule has 0 spiro atoms. The Morgan fingerprint density at radius 1 is 1.06 bits per heavy atom. The van der Waals surface area contributed by atoms with E-state index in [9.17, 15) is 9.59 Å². The van der Waals surface area contributed by atoms with Crippen LogP contribution >= 0.6 is 0 Å². The largest absolute Gasteiger partial charge is 0.497 e. The van der Waals surface area contributed by atoms with Crippen molar-refractivity contribution in [2.75, 3.05) is 31.6 Å². The third kappa shape index (κ3) is 4.52. The van der Waals surface area contributed by atoms with E-state index in [2.05, 4.69) is 10.6 Å². The summed E-state index contributed by atoms with van der Waals surface area (Å²) in [6, 6.07) is 15.6. The standard InChI is InChI=1S/C27H32N4O3/c1-34-22-10-8-9-21(18-22)31-19-20(17-26(31)33)27-28-23-11-4-5-12-24(23)30(27)16-13-25(32)29-14-6-2-3-7-15-29/h4-5,8-12,18,20H,2-3,6-7,13-17,19H2,1H3. The minimum absolute atomic E-state index is 0.0283. The van der Waals surface area contributed by atoms with Crippen LogP contribution in [0.4, 0.5) is 5.69 Å². The van der Waals surface area contributed by atoms with E-state index < -0.39 is 0 Å². The van der Waals surface area contributed by atoms with E-state index in [4.69, 9.17) is 9.72 Å². The lowest BCUT2D eigenvalue weighted by Gasteiger charge is -2.21. The predicted octanol–water partition coefficient (Wildman–Crippen LogP) is 4.36. The number of fused-ring (bicyclic) bond motifs is 1. The summed E-state index contributed by atoms with van der Waals surface area (Å²) >= 11 is 0. The molecule has 2 fully saturated rings. The molecule has 0 bridgehead atoms. The summed E-state index contributed by atoms with van der Waals surface area (Å²) < 4.78 is 7.51. The maximum atomic E-state index is 13.0. The SMILES string of the molecule is COc1cccc(N2CC(c3nc4ccccc4n3CCC(=O)N3CCCCCC3)CC2=O)c1. The molecule has 3 aromatic rings. The molecule has 7 nitrogen and oxygen atoms in total. The molecule has 0 aliphatic carbocycles. The van der Waals surface area contributed by atoms with Gasteiger partial charge in [0.1, 0.15) is 11.6 Å². The lowest BCUT2D eigenvalue weighted by atomic mass is 10.1. The van der Waals surface area contributed by atoms with Crippen LogP contribution in [-0.2, 0) is 16.1 Å². The van der Waals surface area contributed by atoms with Crippen LogP contribution in [0.5, 0.6) is 5.75 Å². The molecule has 7 heteroatoms. The number of carbonyl (C=O) groups excluding carboxylic acids is 2. The van der Waals surface area contributed by atoms with Crippen LogP contribution in [0.25, 0.3) is 11.0 Å². The Bertz CT molecular complexity index is 1180. The first-order valence-corrected chi connectivity index (χ1v) is 12.3. The number of hydrogen-bond acceptors (Lipinski definition) is 4. The molecule has 5 rings (SSSR count). The van der Waals surface area contributed by atoms with Gasteiger partial charge < -0.3 is 19.1 Å². The monoisotopic (exact) mass is 460 g/mol. The number of para-hydroxylation sites is 2. The van der Waals surface area contributed by atoms with Gasteiger partial charge in [-0.25, -0.2) is 4.98 Å². The van der Waals surface area contributed by atoms with Gasteiger partial charge in [-0.15, -0.1) is 0 Å². The second kappa shape index (κ2) is 9.87. The Hall–Kier alpha value is -3.35. The van der Waals surface area contributed by atoms with E-state index in [1.165, 1.54) is 12.8 Å². The molecular weight excluding hydrogens is 428 g/mol. The third-order valence-corrected chi connectivity index (χ3v) is 7.05. The van der Waals surface area contributed by atoms with Crippen molar-refractivity contribution in [2.24, 2.45) is 0 Å². The number of aryl methyl sites for hydroxylation is 1. The summed E-state index contributed by atoms with van der Waals surface area (Å²) in [6.45, 7) is 2.87. The highest BCUT2D eigenvalue weighted by Gasteiger charge is 2.35. The second-order valence-corrected chi connectivity index (χ2v) is 9.26. The lowest BCUT2D eigenvalue weighted by molar-refractivity contribution is -0.131. The number of anilines is 1. The summed E-state index contributed by atoms with van der Waals surface area (Å²) in [6.07, 6.45) is 5.46. The van der Waals surface area contributed by atoms with Crippen LogP contribution in [0, 0.1) is 0 Å². The highest BCUT2D eigenvalue weighted by Crippen LogP contribution is 2.34. The van der Waals surface area contributed by atoms with Gasteiger partial charge in [0, 0.05) is 56.7 Å². The van der Waals surface area contributed by atoms with Gasteiger partial charge in [-0.05, 0) is 37.1 Å². The summed E-state index contributed by atoms with van der Waals surface area (Å²) in [4.78, 5) is 34.7. The normalized spacial score (nSPS) is 19.0. The van der Waals surface area contributed by atoms with Crippen LogP contribution in [0.2, 0.25) is 0 Å². The van der Waals surface area contributed by atoms with E-state index >= 15 is 0 Å². The van der Waals surface area contributed by atoms with Crippen molar-refractivity contribution in [3.8, 4) is 5.75 Å². The van der Waals surface area contributed by atoms with E-state index in [0.717, 1.165) is 54.2 Å². The van der Waals surface area contributed by atoms with Gasteiger partial charge in [0.05, 0.1) is 18.1 Å². The van der Waals surface area contributed by atoms with Gasteiger partial charge in [0.2, 0.25) is 11.8 Å². The van der Waals surface area contributed by atoms with Crippen molar-refractivity contribution < 1.29 is 14.3 Å². The van der Waals surface area contributed by atoms with Crippen LogP contribution in [0.1, 0.15) is 50.3 Å². The Kier molecular flexibility index (Phi) is 6.52. The fraction of sp³-hybridized carbons (Fsp3) is 0.444. The van der Waals surface area contributed by atoms with Crippen LogP contribution < -0.4 is 9.64 Å². The fourth-order valence-corrected chi connectivity index (χ4v) is 5.23. The molecular formula is C27H32N4O3. The summed E-state index contributed by atoms with van der Waals surface area (Å²) in [5.41, 5.74) is 2.77. The number of aromatic nitrogens is 2. The molecule has 1 unspecified atom stereocenters. The van der Waals surface area contributed by atoms with Crippen molar-refractivity contribution in [3.05, 3.63) is 54.4 Å². The number of nitrogens with zero attached hydrogens (tertiary/aromatic N) is 4. The third-order valence-electron chi connectivity index (χ3n) is 7.05. The Labute approximate surface area is 200 Å². The molecule has 2 aliphatic heterocycles. The van der Waals surface area contributed by atoms with Crippen molar-refractivity contribution in [1.82, 2.24) is 14.5 Å². The lowest BCUT2D eigenvalue weighted by Crippen LogP contribution is -2.32.